The van der Waals surface area contributed by atoms with E-state index in [1.807, 2.05) is 25.1 Å². The molecular weight excluding hydrogens is 380 g/mol. The van der Waals surface area contributed by atoms with Crippen molar-refractivity contribution in [3.05, 3.63) is 50.7 Å². The Kier molecular flexibility index (Phi) is 7.57. The summed E-state index contributed by atoms with van der Waals surface area (Å²) in [4.78, 5) is 6.26. The Morgan fingerprint density at radius 1 is 1.19 bits per heavy atom. The van der Waals surface area contributed by atoms with Gasteiger partial charge in [0, 0.05) is 60.1 Å². The minimum Gasteiger partial charge on any atom is -0.492 e. The third kappa shape index (κ3) is 6.24. The molecule has 2 aromatic rings. The summed E-state index contributed by atoms with van der Waals surface area (Å²) in [6, 6.07) is 7.87. The summed E-state index contributed by atoms with van der Waals surface area (Å²) >= 11 is 7.72. The predicted molar refractivity (Wildman–Crippen MR) is 112 cm³/mol. The van der Waals surface area contributed by atoms with E-state index in [-0.39, 0.29) is 6.61 Å². The highest BCUT2D eigenvalue weighted by Crippen LogP contribution is 2.22. The number of piperazine rings is 1. The van der Waals surface area contributed by atoms with E-state index in [9.17, 15) is 0 Å². The molecule has 1 saturated heterocycles. The molecule has 1 fully saturated rings. The third-order valence-electron chi connectivity index (χ3n) is 4.61. The fourth-order valence-corrected chi connectivity index (χ4v) is 4.21. The quantitative estimate of drug-likeness (QED) is 0.750. The number of rotatable bonds is 6. The smallest absolute Gasteiger partial charge is 0.122 e. The van der Waals surface area contributed by atoms with Gasteiger partial charge in [-0.25, -0.2) is 0 Å². The maximum Gasteiger partial charge on any atom is 0.122 e. The maximum atomic E-state index is 8.77. The van der Waals surface area contributed by atoms with Crippen molar-refractivity contribution in [2.45, 2.75) is 13.5 Å². The van der Waals surface area contributed by atoms with Crippen LogP contribution in [0.4, 0.5) is 0 Å². The zero-order valence-corrected chi connectivity index (χ0v) is 17.2. The van der Waals surface area contributed by atoms with Crippen molar-refractivity contribution in [2.24, 2.45) is 0 Å². The van der Waals surface area contributed by atoms with Gasteiger partial charge in [0.2, 0.25) is 0 Å². The molecule has 0 aliphatic carbocycles. The summed E-state index contributed by atoms with van der Waals surface area (Å²) in [6.07, 6.45) is 0. The van der Waals surface area contributed by atoms with Gasteiger partial charge < -0.3 is 9.84 Å². The topological polar surface area (TPSA) is 35.9 Å². The van der Waals surface area contributed by atoms with Gasteiger partial charge in [-0.15, -0.1) is 11.3 Å². The zero-order chi connectivity index (χ0) is 19.1. The van der Waals surface area contributed by atoms with Crippen molar-refractivity contribution >= 4 is 22.9 Å². The number of aliphatic hydroxyl groups is 1. The van der Waals surface area contributed by atoms with Gasteiger partial charge in [0.25, 0.3) is 0 Å². The van der Waals surface area contributed by atoms with Crippen LogP contribution >= 0.6 is 22.9 Å². The second-order valence-corrected chi connectivity index (χ2v) is 8.07. The molecule has 0 radical (unpaired) electrons. The normalized spacial score (nSPS) is 15.4. The van der Waals surface area contributed by atoms with Crippen LogP contribution in [0.15, 0.2) is 29.6 Å². The molecule has 0 spiro atoms. The molecule has 1 aromatic heterocycles. The van der Waals surface area contributed by atoms with Gasteiger partial charge in [-0.05, 0) is 36.8 Å². The van der Waals surface area contributed by atoms with Gasteiger partial charge in [0.1, 0.15) is 19.0 Å². The lowest BCUT2D eigenvalue weighted by molar-refractivity contribution is 0.113. The van der Waals surface area contributed by atoms with Gasteiger partial charge >= 0.3 is 0 Å². The van der Waals surface area contributed by atoms with Gasteiger partial charge in [-0.2, -0.15) is 0 Å². The average molecular weight is 405 g/mol. The number of nitrogens with zero attached hydrogens (tertiary/aromatic N) is 2. The number of aryl methyl sites for hydroxylation is 1. The van der Waals surface area contributed by atoms with Crippen LogP contribution in [0.2, 0.25) is 5.02 Å². The minimum atomic E-state index is -0.0888. The van der Waals surface area contributed by atoms with Crippen LogP contribution < -0.4 is 4.74 Å². The van der Waals surface area contributed by atoms with E-state index in [2.05, 4.69) is 33.1 Å². The molecule has 0 unspecified atom stereocenters. The number of ether oxygens (including phenoxy) is 1. The summed E-state index contributed by atoms with van der Waals surface area (Å²) in [5, 5.41) is 11.6. The molecular formula is C21H25ClN2O2S. The highest BCUT2D eigenvalue weighted by Gasteiger charge is 2.17. The van der Waals surface area contributed by atoms with Gasteiger partial charge in [-0.3, -0.25) is 9.80 Å². The van der Waals surface area contributed by atoms with Gasteiger partial charge in [-0.1, -0.05) is 23.4 Å². The summed E-state index contributed by atoms with van der Waals surface area (Å²) < 4.78 is 5.91. The molecule has 1 N–H and O–H groups in total. The molecule has 4 nitrogen and oxygen atoms in total. The fraction of sp³-hybridized carbons (Fsp3) is 0.429. The molecule has 1 aliphatic heterocycles. The van der Waals surface area contributed by atoms with Crippen LogP contribution in [-0.4, -0.2) is 60.8 Å². The van der Waals surface area contributed by atoms with E-state index >= 15 is 0 Å². The number of halogens is 1. The minimum absolute atomic E-state index is 0.0888. The SMILES string of the molecule is Cc1cc(Cl)ccc1OCCN1CCN(Cc2cc(C#CCO)cs2)CC1. The van der Waals surface area contributed by atoms with Crippen molar-refractivity contribution in [1.82, 2.24) is 9.80 Å². The summed E-state index contributed by atoms with van der Waals surface area (Å²) in [5.41, 5.74) is 2.07. The molecule has 1 aromatic carbocycles. The molecule has 0 amide bonds. The van der Waals surface area contributed by atoms with Crippen LogP contribution in [0.1, 0.15) is 16.0 Å². The Balaban J connectivity index is 1.38. The van der Waals surface area contributed by atoms with Crippen molar-refractivity contribution in [1.29, 1.82) is 0 Å². The van der Waals surface area contributed by atoms with E-state index in [0.717, 1.165) is 61.2 Å². The van der Waals surface area contributed by atoms with Gasteiger partial charge in [0.15, 0.2) is 0 Å². The largest absolute Gasteiger partial charge is 0.492 e. The molecule has 0 atom stereocenters. The zero-order valence-electron chi connectivity index (χ0n) is 15.6. The van der Waals surface area contributed by atoms with Crippen molar-refractivity contribution in [3.63, 3.8) is 0 Å². The average Bonchev–Trinajstić information content (AvgIpc) is 3.10. The highest BCUT2D eigenvalue weighted by atomic mass is 35.5. The first-order chi connectivity index (χ1) is 13.1. The number of hydrogen-bond acceptors (Lipinski definition) is 5. The first kappa shape index (κ1) is 20.2. The molecule has 6 heteroatoms. The van der Waals surface area contributed by atoms with Crippen LogP contribution in [0.5, 0.6) is 5.75 Å². The number of aliphatic hydroxyl groups excluding tert-OH is 1. The van der Waals surface area contributed by atoms with Crippen LogP contribution in [0.25, 0.3) is 0 Å². The molecule has 0 saturated carbocycles. The Bertz CT molecular complexity index is 804. The monoisotopic (exact) mass is 404 g/mol. The lowest BCUT2D eigenvalue weighted by Gasteiger charge is -2.34. The first-order valence-electron chi connectivity index (χ1n) is 9.15. The van der Waals surface area contributed by atoms with E-state index in [1.54, 1.807) is 11.3 Å². The van der Waals surface area contributed by atoms with E-state index in [4.69, 9.17) is 21.4 Å². The number of benzene rings is 1. The Hall–Kier alpha value is -1.55. The molecule has 1 aliphatic rings. The van der Waals surface area contributed by atoms with Crippen LogP contribution in [-0.2, 0) is 6.54 Å². The van der Waals surface area contributed by atoms with Crippen molar-refractivity contribution in [3.8, 4) is 17.6 Å². The second-order valence-electron chi connectivity index (χ2n) is 6.64. The molecule has 2 heterocycles. The molecule has 3 rings (SSSR count). The summed E-state index contributed by atoms with van der Waals surface area (Å²) in [7, 11) is 0. The Morgan fingerprint density at radius 2 is 1.96 bits per heavy atom. The molecule has 27 heavy (non-hydrogen) atoms. The molecule has 144 valence electrons. The lowest BCUT2D eigenvalue weighted by atomic mass is 10.2. The van der Waals surface area contributed by atoms with Crippen LogP contribution in [0, 0.1) is 18.8 Å². The number of thiophene rings is 1. The van der Waals surface area contributed by atoms with Crippen molar-refractivity contribution < 1.29 is 9.84 Å². The Morgan fingerprint density at radius 3 is 2.70 bits per heavy atom. The lowest BCUT2D eigenvalue weighted by Crippen LogP contribution is -2.46. The van der Waals surface area contributed by atoms with E-state index < -0.39 is 0 Å². The third-order valence-corrected chi connectivity index (χ3v) is 5.77. The predicted octanol–water partition coefficient (Wildman–Crippen LogP) is 3.25. The number of hydrogen-bond donors (Lipinski definition) is 1. The second kappa shape index (κ2) is 10.1. The van der Waals surface area contributed by atoms with E-state index in [1.165, 1.54) is 4.88 Å². The summed E-state index contributed by atoms with van der Waals surface area (Å²) in [5.74, 6) is 6.58. The standard InChI is InChI=1S/C21H25ClN2O2S/c1-17-13-19(22)4-5-21(17)26-12-10-23-6-8-24(9-7-23)15-20-14-18(16-27-20)3-2-11-25/h4-5,13-14,16,25H,6-12,15H2,1H3. The highest BCUT2D eigenvalue weighted by molar-refractivity contribution is 7.10. The maximum absolute atomic E-state index is 8.77. The van der Waals surface area contributed by atoms with Crippen molar-refractivity contribution in [2.75, 3.05) is 45.9 Å². The molecule has 0 bridgehead atoms. The Labute approximate surface area is 170 Å². The first-order valence-corrected chi connectivity index (χ1v) is 10.4. The van der Waals surface area contributed by atoms with Gasteiger partial charge in [0.05, 0.1) is 0 Å². The summed E-state index contributed by atoms with van der Waals surface area (Å²) in [6.45, 7) is 8.79. The van der Waals surface area contributed by atoms with E-state index in [0.29, 0.717) is 6.61 Å². The van der Waals surface area contributed by atoms with Crippen LogP contribution in [0.3, 0.4) is 0 Å². The fourth-order valence-electron chi connectivity index (χ4n) is 3.12.